The molecule has 7 heteroatoms. The van der Waals surface area contributed by atoms with Crippen molar-refractivity contribution in [2.24, 2.45) is 0 Å². The average molecular weight is 392 g/mol. The molecule has 0 radical (unpaired) electrons. The number of aromatic nitrogens is 2. The zero-order valence-electron chi connectivity index (χ0n) is 16.2. The van der Waals surface area contributed by atoms with E-state index in [1.54, 1.807) is 20.3 Å². The number of ether oxygens (including phenoxy) is 3. The molecule has 6 nitrogen and oxygen atoms in total. The second kappa shape index (κ2) is 8.87. The van der Waals surface area contributed by atoms with Gasteiger partial charge in [-0.2, -0.15) is 0 Å². The summed E-state index contributed by atoms with van der Waals surface area (Å²) in [5, 5.41) is 4.07. The predicted molar refractivity (Wildman–Crippen MR) is 107 cm³/mol. The van der Waals surface area contributed by atoms with Crippen molar-refractivity contribution in [2.45, 2.75) is 38.8 Å². The zero-order valence-corrected chi connectivity index (χ0v) is 17.0. The fourth-order valence-electron chi connectivity index (χ4n) is 3.22. The van der Waals surface area contributed by atoms with Gasteiger partial charge in [-0.15, -0.1) is 0 Å². The molecule has 1 saturated heterocycles. The number of benzene rings is 1. The van der Waals surface area contributed by atoms with Crippen molar-refractivity contribution in [2.75, 3.05) is 32.8 Å². The topological polar surface area (TPSA) is 65.5 Å². The number of nitrogens with zero attached hydrogens (tertiary/aromatic N) is 2. The molecular formula is C20H26ClN3O3. The van der Waals surface area contributed by atoms with Gasteiger partial charge in [-0.05, 0) is 31.0 Å². The minimum absolute atomic E-state index is 0.0114. The molecule has 1 aliphatic heterocycles. The largest absolute Gasteiger partial charge is 0.497 e. The van der Waals surface area contributed by atoms with E-state index >= 15 is 0 Å². The highest BCUT2D eigenvalue weighted by Gasteiger charge is 2.29. The number of halogens is 1. The van der Waals surface area contributed by atoms with Gasteiger partial charge in [-0.1, -0.05) is 25.4 Å². The molecule has 146 valence electrons. The van der Waals surface area contributed by atoms with Crippen LogP contribution >= 0.6 is 11.6 Å². The van der Waals surface area contributed by atoms with Gasteiger partial charge in [0.2, 0.25) is 0 Å². The fraction of sp³-hybridized carbons (Fsp3) is 0.500. The van der Waals surface area contributed by atoms with Crippen LogP contribution in [0.1, 0.15) is 25.2 Å². The Morgan fingerprint density at radius 3 is 2.56 bits per heavy atom. The summed E-state index contributed by atoms with van der Waals surface area (Å²) in [4.78, 5) is 9.79. The van der Waals surface area contributed by atoms with E-state index < -0.39 is 0 Å². The lowest BCUT2D eigenvalue weighted by Crippen LogP contribution is -2.34. The predicted octanol–water partition coefficient (Wildman–Crippen LogP) is 3.76. The second-order valence-corrected chi connectivity index (χ2v) is 6.84. The Hall–Kier alpha value is -1.89. The second-order valence-electron chi connectivity index (χ2n) is 6.43. The first-order valence-electron chi connectivity index (χ1n) is 9.21. The number of methoxy groups -OCH3 is 2. The summed E-state index contributed by atoms with van der Waals surface area (Å²) < 4.78 is 16.3. The van der Waals surface area contributed by atoms with Crippen LogP contribution in [0.5, 0.6) is 5.75 Å². The van der Waals surface area contributed by atoms with E-state index in [1.165, 1.54) is 0 Å². The Bertz CT molecular complexity index is 800. The van der Waals surface area contributed by atoms with E-state index in [4.69, 9.17) is 35.8 Å². The lowest BCUT2D eigenvalue weighted by Gasteiger charge is -2.21. The zero-order chi connectivity index (χ0) is 19.4. The Labute approximate surface area is 165 Å². The Balaban J connectivity index is 1.99. The van der Waals surface area contributed by atoms with Crippen LogP contribution in [0, 0.1) is 0 Å². The van der Waals surface area contributed by atoms with E-state index in [-0.39, 0.29) is 12.1 Å². The maximum atomic E-state index is 6.49. The van der Waals surface area contributed by atoms with Crippen molar-refractivity contribution < 1.29 is 14.2 Å². The van der Waals surface area contributed by atoms with Gasteiger partial charge < -0.3 is 19.5 Å². The number of nitrogens with one attached hydrogen (secondary N) is 1. The standard InChI is InChI=1S/C20H26ClN3O3/c1-5-15-19(13-8-7-12(25-3)9-14(13)21)22-16(6-2)20(23-15)24-17-10-27-11-18(17)26-4/h7-9,17-18H,5-6,10-11H2,1-4H3,(H,23,24). The molecular weight excluding hydrogens is 366 g/mol. The van der Waals surface area contributed by atoms with Crippen molar-refractivity contribution in [3.63, 3.8) is 0 Å². The van der Waals surface area contributed by atoms with Gasteiger partial charge in [0.15, 0.2) is 0 Å². The van der Waals surface area contributed by atoms with Crippen molar-refractivity contribution in [3.05, 3.63) is 34.6 Å². The molecule has 2 heterocycles. The molecule has 0 saturated carbocycles. The van der Waals surface area contributed by atoms with Crippen LogP contribution in [0.2, 0.25) is 5.02 Å². The monoisotopic (exact) mass is 391 g/mol. The van der Waals surface area contributed by atoms with Crippen LogP contribution in [0.25, 0.3) is 11.3 Å². The Morgan fingerprint density at radius 1 is 1.15 bits per heavy atom. The third kappa shape index (κ3) is 4.18. The van der Waals surface area contributed by atoms with Crippen molar-refractivity contribution in [1.82, 2.24) is 9.97 Å². The SMILES string of the molecule is CCc1nc(-c2ccc(OC)cc2Cl)c(CC)nc1NC1COCC1OC. The first-order chi connectivity index (χ1) is 13.1. The molecule has 2 aromatic rings. The van der Waals surface area contributed by atoms with E-state index in [0.717, 1.165) is 47.1 Å². The van der Waals surface area contributed by atoms with E-state index in [1.807, 2.05) is 12.1 Å². The maximum absolute atomic E-state index is 6.49. The first-order valence-corrected chi connectivity index (χ1v) is 9.59. The molecule has 1 aromatic heterocycles. The average Bonchev–Trinajstić information content (AvgIpc) is 3.14. The van der Waals surface area contributed by atoms with Crippen molar-refractivity contribution >= 4 is 17.4 Å². The maximum Gasteiger partial charge on any atom is 0.148 e. The normalized spacial score (nSPS) is 19.3. The number of hydrogen-bond acceptors (Lipinski definition) is 6. The molecule has 1 aromatic carbocycles. The summed E-state index contributed by atoms with van der Waals surface area (Å²) in [7, 11) is 3.32. The van der Waals surface area contributed by atoms with Crippen LogP contribution in [0.3, 0.4) is 0 Å². The summed E-state index contributed by atoms with van der Waals surface area (Å²) in [6.45, 7) is 5.32. The lowest BCUT2D eigenvalue weighted by molar-refractivity contribution is 0.0795. The van der Waals surface area contributed by atoms with Gasteiger partial charge in [0.25, 0.3) is 0 Å². The molecule has 0 bridgehead atoms. The van der Waals surface area contributed by atoms with Crippen molar-refractivity contribution in [1.29, 1.82) is 0 Å². The molecule has 2 unspecified atom stereocenters. The highest BCUT2D eigenvalue weighted by molar-refractivity contribution is 6.33. The third-order valence-corrected chi connectivity index (χ3v) is 5.11. The Morgan fingerprint density at radius 2 is 1.93 bits per heavy atom. The summed E-state index contributed by atoms with van der Waals surface area (Å²) in [6, 6.07) is 5.69. The molecule has 0 aliphatic carbocycles. The summed E-state index contributed by atoms with van der Waals surface area (Å²) in [5.41, 5.74) is 3.48. The molecule has 0 spiro atoms. The van der Waals surface area contributed by atoms with Gasteiger partial charge in [-0.25, -0.2) is 9.97 Å². The van der Waals surface area contributed by atoms with Gasteiger partial charge in [0.05, 0.1) is 48.5 Å². The lowest BCUT2D eigenvalue weighted by atomic mass is 10.1. The van der Waals surface area contributed by atoms with Gasteiger partial charge in [0.1, 0.15) is 17.7 Å². The summed E-state index contributed by atoms with van der Waals surface area (Å²) in [6.07, 6.45) is 1.51. The molecule has 1 N–H and O–H groups in total. The molecule has 27 heavy (non-hydrogen) atoms. The molecule has 3 rings (SSSR count). The fourth-order valence-corrected chi connectivity index (χ4v) is 3.48. The minimum Gasteiger partial charge on any atom is -0.497 e. The van der Waals surface area contributed by atoms with Crippen LogP contribution in [-0.2, 0) is 22.3 Å². The highest BCUT2D eigenvalue weighted by Crippen LogP contribution is 2.33. The smallest absolute Gasteiger partial charge is 0.148 e. The van der Waals surface area contributed by atoms with E-state index in [9.17, 15) is 0 Å². The number of anilines is 1. The van der Waals surface area contributed by atoms with Crippen LogP contribution < -0.4 is 10.1 Å². The summed E-state index contributed by atoms with van der Waals surface area (Å²) in [5.74, 6) is 1.51. The van der Waals surface area contributed by atoms with Crippen molar-refractivity contribution in [3.8, 4) is 17.0 Å². The molecule has 1 fully saturated rings. The van der Waals surface area contributed by atoms with Crippen LogP contribution in [0.15, 0.2) is 18.2 Å². The molecule has 0 amide bonds. The van der Waals surface area contributed by atoms with E-state index in [2.05, 4.69) is 19.2 Å². The first kappa shape index (κ1) is 19.9. The summed E-state index contributed by atoms with van der Waals surface area (Å²) >= 11 is 6.49. The van der Waals surface area contributed by atoms with E-state index in [0.29, 0.717) is 18.2 Å². The Kier molecular flexibility index (Phi) is 6.52. The van der Waals surface area contributed by atoms with Crippen LogP contribution in [-0.4, -0.2) is 49.5 Å². The van der Waals surface area contributed by atoms with Gasteiger partial charge in [-0.3, -0.25) is 0 Å². The third-order valence-electron chi connectivity index (χ3n) is 4.79. The van der Waals surface area contributed by atoms with Gasteiger partial charge in [0, 0.05) is 12.7 Å². The van der Waals surface area contributed by atoms with Crippen LogP contribution in [0.4, 0.5) is 5.82 Å². The molecule has 1 aliphatic rings. The van der Waals surface area contributed by atoms with Gasteiger partial charge >= 0.3 is 0 Å². The number of rotatable bonds is 7. The number of aryl methyl sites for hydroxylation is 2. The number of hydrogen-bond donors (Lipinski definition) is 1. The quantitative estimate of drug-likeness (QED) is 0.775. The minimum atomic E-state index is 0.0114. The highest BCUT2D eigenvalue weighted by atomic mass is 35.5. The molecule has 2 atom stereocenters.